The van der Waals surface area contributed by atoms with Crippen LogP contribution in [0.15, 0.2) is 71.7 Å². The number of rotatable bonds is 6. The van der Waals surface area contributed by atoms with Gasteiger partial charge in [-0.3, -0.25) is 9.59 Å². The van der Waals surface area contributed by atoms with E-state index in [1.807, 2.05) is 0 Å². The average Bonchev–Trinajstić information content (AvgIpc) is 2.80. The highest BCUT2D eigenvalue weighted by atomic mass is 19.1. The predicted octanol–water partition coefficient (Wildman–Crippen LogP) is 4.58. The molecule has 4 rings (SSSR count). The maximum absolute atomic E-state index is 13.7. The normalized spacial score (nSPS) is 10.9. The molecule has 0 N–H and O–H groups in total. The molecule has 7 heteroatoms. The van der Waals surface area contributed by atoms with Gasteiger partial charge in [0.15, 0.2) is 17.3 Å². The fraction of sp³-hybridized carbons (Fsp3) is 0.120. The number of benzene rings is 3. The molecule has 0 saturated carbocycles. The second-order valence-electron chi connectivity index (χ2n) is 7.19. The number of ketones is 1. The topological polar surface area (TPSA) is 57.5 Å². The van der Waals surface area contributed by atoms with Gasteiger partial charge in [-0.05, 0) is 48.0 Å². The Morgan fingerprint density at radius 3 is 2.25 bits per heavy atom. The molecule has 4 aromatic rings. The molecular formula is C25H19F2NO4. The first-order valence-corrected chi connectivity index (χ1v) is 9.75. The Hall–Kier alpha value is -4.00. The molecule has 0 saturated heterocycles. The highest BCUT2D eigenvalue weighted by Gasteiger charge is 2.20. The van der Waals surface area contributed by atoms with Gasteiger partial charge in [0.1, 0.15) is 11.6 Å². The smallest absolute Gasteiger partial charge is 0.200 e. The molecule has 1 aromatic heterocycles. The van der Waals surface area contributed by atoms with Gasteiger partial charge in [-0.15, -0.1) is 0 Å². The fourth-order valence-electron chi connectivity index (χ4n) is 3.60. The van der Waals surface area contributed by atoms with Gasteiger partial charge in [0.05, 0.1) is 30.7 Å². The van der Waals surface area contributed by atoms with E-state index in [2.05, 4.69) is 0 Å². The lowest BCUT2D eigenvalue weighted by Gasteiger charge is -2.16. The summed E-state index contributed by atoms with van der Waals surface area (Å²) in [4.78, 5) is 26.4. The molecule has 0 aliphatic heterocycles. The fourth-order valence-corrected chi connectivity index (χ4v) is 3.60. The quantitative estimate of drug-likeness (QED) is 0.416. The summed E-state index contributed by atoms with van der Waals surface area (Å²) < 4.78 is 39.4. The minimum Gasteiger partial charge on any atom is -0.493 e. The van der Waals surface area contributed by atoms with Crippen LogP contribution < -0.4 is 14.9 Å². The Kier molecular flexibility index (Phi) is 5.73. The molecule has 0 atom stereocenters. The van der Waals surface area contributed by atoms with Crippen molar-refractivity contribution >= 4 is 16.7 Å². The van der Waals surface area contributed by atoms with Crippen LogP contribution in [0.2, 0.25) is 0 Å². The van der Waals surface area contributed by atoms with E-state index in [4.69, 9.17) is 9.47 Å². The summed E-state index contributed by atoms with van der Waals surface area (Å²) in [5, 5.41) is 0.243. The van der Waals surface area contributed by atoms with Crippen molar-refractivity contribution in [3.05, 3.63) is 105 Å². The van der Waals surface area contributed by atoms with Crippen LogP contribution in [0.1, 0.15) is 21.5 Å². The molecule has 0 spiro atoms. The minimum atomic E-state index is -0.542. The van der Waals surface area contributed by atoms with Gasteiger partial charge >= 0.3 is 0 Å². The Morgan fingerprint density at radius 2 is 1.59 bits per heavy atom. The van der Waals surface area contributed by atoms with E-state index in [0.29, 0.717) is 22.6 Å². The number of pyridine rings is 1. The molecule has 0 bridgehead atoms. The number of aromatic nitrogens is 1. The summed E-state index contributed by atoms with van der Waals surface area (Å²) in [6, 6.07) is 14.2. The second kappa shape index (κ2) is 8.63. The number of nitrogens with zero attached hydrogens (tertiary/aromatic N) is 1. The van der Waals surface area contributed by atoms with Gasteiger partial charge < -0.3 is 14.0 Å². The molecule has 0 unspecified atom stereocenters. The van der Waals surface area contributed by atoms with Crippen LogP contribution >= 0.6 is 0 Å². The SMILES string of the molecule is COc1cc2c(=O)c(C(=O)c3ccc(F)cc3)cn(Cc3cccc(F)c3)c2cc1OC. The van der Waals surface area contributed by atoms with Gasteiger partial charge in [0, 0.05) is 24.4 Å². The molecule has 0 aliphatic carbocycles. The Balaban J connectivity index is 1.96. The largest absolute Gasteiger partial charge is 0.493 e. The zero-order valence-electron chi connectivity index (χ0n) is 17.4. The maximum atomic E-state index is 13.7. The second-order valence-corrected chi connectivity index (χ2v) is 7.19. The van der Waals surface area contributed by atoms with Crippen molar-refractivity contribution in [1.29, 1.82) is 0 Å². The van der Waals surface area contributed by atoms with Crippen LogP contribution in [-0.2, 0) is 6.54 Å². The number of ether oxygens (including phenoxy) is 2. The van der Waals surface area contributed by atoms with E-state index in [-0.39, 0.29) is 23.1 Å². The zero-order valence-corrected chi connectivity index (χ0v) is 17.4. The highest BCUT2D eigenvalue weighted by molar-refractivity contribution is 6.10. The van der Waals surface area contributed by atoms with Gasteiger partial charge in [-0.2, -0.15) is 0 Å². The van der Waals surface area contributed by atoms with Crippen molar-refractivity contribution in [2.24, 2.45) is 0 Å². The Bertz CT molecular complexity index is 1380. The van der Waals surface area contributed by atoms with Crippen LogP contribution in [0.4, 0.5) is 8.78 Å². The van der Waals surface area contributed by atoms with Crippen molar-refractivity contribution in [2.45, 2.75) is 6.54 Å². The number of carbonyl (C=O) groups is 1. The number of carbonyl (C=O) groups excluding carboxylic acids is 1. The van der Waals surface area contributed by atoms with Crippen LogP contribution in [0.5, 0.6) is 11.5 Å². The molecule has 0 radical (unpaired) electrons. The molecular weight excluding hydrogens is 416 g/mol. The van der Waals surface area contributed by atoms with Gasteiger partial charge in [0.2, 0.25) is 5.43 Å². The Labute approximate surface area is 182 Å². The molecule has 5 nitrogen and oxygen atoms in total. The van der Waals surface area contributed by atoms with Gasteiger partial charge in [0.25, 0.3) is 0 Å². The van der Waals surface area contributed by atoms with Crippen LogP contribution in [-0.4, -0.2) is 24.6 Å². The van der Waals surface area contributed by atoms with Crippen molar-refractivity contribution in [1.82, 2.24) is 4.57 Å². The summed E-state index contributed by atoms with van der Waals surface area (Å²) in [5.41, 5.74) is 0.733. The summed E-state index contributed by atoms with van der Waals surface area (Å²) in [6.07, 6.45) is 1.44. The first kappa shape index (κ1) is 21.2. The van der Waals surface area contributed by atoms with Crippen molar-refractivity contribution in [2.75, 3.05) is 14.2 Å². The summed E-state index contributed by atoms with van der Waals surface area (Å²) in [5.74, 6) is -0.680. The summed E-state index contributed by atoms with van der Waals surface area (Å²) in [6.45, 7) is 0.202. The third kappa shape index (κ3) is 3.97. The standard InChI is InChI=1S/C25H19F2NO4/c1-31-22-11-19-21(12-23(22)32-2)28(13-15-4-3-5-18(27)10-15)14-20(25(19)30)24(29)16-6-8-17(26)9-7-16/h3-12,14H,13H2,1-2H3. The lowest BCUT2D eigenvalue weighted by molar-refractivity contribution is 0.103. The molecule has 162 valence electrons. The van der Waals surface area contributed by atoms with Crippen LogP contribution in [0, 0.1) is 11.6 Å². The molecule has 0 aliphatic rings. The molecule has 3 aromatic carbocycles. The number of methoxy groups -OCH3 is 2. The summed E-state index contributed by atoms with van der Waals surface area (Å²) >= 11 is 0. The van der Waals surface area contributed by atoms with Crippen molar-refractivity contribution in [3.8, 4) is 11.5 Å². The monoisotopic (exact) mass is 435 g/mol. The molecule has 32 heavy (non-hydrogen) atoms. The highest BCUT2D eigenvalue weighted by Crippen LogP contribution is 2.31. The Morgan fingerprint density at radius 1 is 0.906 bits per heavy atom. The lowest BCUT2D eigenvalue weighted by Crippen LogP contribution is -2.20. The molecule has 1 heterocycles. The first-order chi connectivity index (χ1) is 15.4. The zero-order chi connectivity index (χ0) is 22.8. The van der Waals surface area contributed by atoms with E-state index in [9.17, 15) is 18.4 Å². The van der Waals surface area contributed by atoms with Crippen molar-refractivity contribution in [3.63, 3.8) is 0 Å². The number of hydrogen-bond donors (Lipinski definition) is 0. The van der Waals surface area contributed by atoms with E-state index < -0.39 is 22.8 Å². The predicted molar refractivity (Wildman–Crippen MR) is 117 cm³/mol. The third-order valence-corrected chi connectivity index (χ3v) is 5.18. The van der Waals surface area contributed by atoms with Gasteiger partial charge in [-0.25, -0.2) is 8.78 Å². The van der Waals surface area contributed by atoms with Crippen molar-refractivity contribution < 1.29 is 23.0 Å². The van der Waals surface area contributed by atoms with E-state index in [0.717, 1.165) is 12.1 Å². The van der Waals surface area contributed by atoms with Crippen LogP contribution in [0.25, 0.3) is 10.9 Å². The van der Waals surface area contributed by atoms with E-state index in [1.54, 1.807) is 22.8 Å². The van der Waals surface area contributed by atoms with Crippen LogP contribution in [0.3, 0.4) is 0 Å². The molecule has 0 fully saturated rings. The number of hydrogen-bond acceptors (Lipinski definition) is 4. The first-order valence-electron chi connectivity index (χ1n) is 9.75. The minimum absolute atomic E-state index is 0.0901. The number of fused-ring (bicyclic) bond motifs is 1. The van der Waals surface area contributed by atoms with E-state index >= 15 is 0 Å². The summed E-state index contributed by atoms with van der Waals surface area (Å²) in [7, 11) is 2.92. The number of halogens is 2. The van der Waals surface area contributed by atoms with E-state index in [1.165, 1.54) is 50.7 Å². The van der Waals surface area contributed by atoms with Gasteiger partial charge in [-0.1, -0.05) is 12.1 Å². The maximum Gasteiger partial charge on any atom is 0.200 e. The lowest BCUT2D eigenvalue weighted by atomic mass is 10.0. The molecule has 0 amide bonds. The average molecular weight is 435 g/mol. The third-order valence-electron chi connectivity index (χ3n) is 5.18.